The number of carbonyl (C=O) groups excluding carboxylic acids is 1. The Morgan fingerprint density at radius 1 is 1.26 bits per heavy atom. The van der Waals surface area contributed by atoms with Crippen LogP contribution in [0.15, 0.2) is 41.6 Å². The molecule has 5 rings (SSSR count). The van der Waals surface area contributed by atoms with E-state index in [4.69, 9.17) is 0 Å². The van der Waals surface area contributed by atoms with E-state index in [0.29, 0.717) is 6.04 Å². The minimum absolute atomic E-state index is 0.0560. The molecule has 2 aromatic heterocycles. The van der Waals surface area contributed by atoms with Gasteiger partial charge >= 0.3 is 0 Å². The van der Waals surface area contributed by atoms with E-state index < -0.39 is 0 Å². The Bertz CT molecular complexity index is 1070. The van der Waals surface area contributed by atoms with Crippen LogP contribution >= 0.6 is 23.1 Å². The first-order valence-electron chi connectivity index (χ1n) is 11.2. The summed E-state index contributed by atoms with van der Waals surface area (Å²) in [6.45, 7) is 2.29. The summed E-state index contributed by atoms with van der Waals surface area (Å²) in [5, 5.41) is 12.6. The third kappa shape index (κ3) is 4.44. The number of amides is 1. The molecule has 3 aromatic rings. The highest BCUT2D eigenvalue weighted by atomic mass is 32.2. The fourth-order valence-corrected chi connectivity index (χ4v) is 6.44. The molecule has 2 aliphatic rings. The third-order valence-electron chi connectivity index (χ3n) is 6.30. The van der Waals surface area contributed by atoms with E-state index in [2.05, 4.69) is 28.5 Å². The van der Waals surface area contributed by atoms with Crippen molar-refractivity contribution >= 4 is 29.0 Å². The molecule has 0 radical (unpaired) electrons. The van der Waals surface area contributed by atoms with Gasteiger partial charge in [0, 0.05) is 18.0 Å². The first kappa shape index (κ1) is 20.8. The lowest BCUT2D eigenvalue weighted by Crippen LogP contribution is -2.29. The van der Waals surface area contributed by atoms with E-state index in [9.17, 15) is 4.79 Å². The summed E-state index contributed by atoms with van der Waals surface area (Å²) in [4.78, 5) is 15.7. The van der Waals surface area contributed by atoms with Gasteiger partial charge in [0.05, 0.1) is 4.88 Å². The Morgan fingerprint density at radius 3 is 2.81 bits per heavy atom. The van der Waals surface area contributed by atoms with E-state index in [-0.39, 0.29) is 11.2 Å². The normalized spacial score (nSPS) is 19.1. The van der Waals surface area contributed by atoms with Gasteiger partial charge in [-0.15, -0.1) is 21.5 Å². The first-order valence-corrected chi connectivity index (χ1v) is 12.8. The number of aryl methyl sites for hydroxylation is 1. The van der Waals surface area contributed by atoms with Crippen LogP contribution in [0.1, 0.15) is 53.9 Å². The molecule has 2 atom stereocenters. The molecule has 0 aliphatic heterocycles. The maximum atomic E-state index is 13.0. The van der Waals surface area contributed by atoms with Crippen molar-refractivity contribution in [2.45, 2.75) is 61.9 Å². The molecule has 1 saturated carbocycles. The van der Waals surface area contributed by atoms with Crippen molar-refractivity contribution in [1.82, 2.24) is 20.1 Å². The number of thiophene rings is 1. The second kappa shape index (κ2) is 8.79. The molecule has 1 amide bonds. The van der Waals surface area contributed by atoms with E-state index in [1.807, 2.05) is 53.3 Å². The van der Waals surface area contributed by atoms with Crippen molar-refractivity contribution in [2.24, 2.45) is 13.0 Å². The van der Waals surface area contributed by atoms with Crippen molar-refractivity contribution in [3.8, 4) is 10.7 Å². The van der Waals surface area contributed by atoms with Crippen LogP contribution in [0, 0.1) is 5.92 Å². The third-order valence-corrected chi connectivity index (χ3v) is 8.83. The fraction of sp³-hybridized carbons (Fsp3) is 0.458. The second-order valence-electron chi connectivity index (χ2n) is 8.63. The zero-order valence-electron chi connectivity index (χ0n) is 18.0. The van der Waals surface area contributed by atoms with Crippen LogP contribution in [0.5, 0.6) is 0 Å². The lowest BCUT2D eigenvalue weighted by Gasteiger charge is -2.19. The number of hydrogen-bond acceptors (Lipinski definition) is 5. The zero-order chi connectivity index (χ0) is 21.4. The van der Waals surface area contributed by atoms with Gasteiger partial charge in [0.15, 0.2) is 11.0 Å². The quantitative estimate of drug-likeness (QED) is 0.503. The van der Waals surface area contributed by atoms with Crippen molar-refractivity contribution in [1.29, 1.82) is 0 Å². The molecule has 2 aliphatic carbocycles. The predicted octanol–water partition coefficient (Wildman–Crippen LogP) is 5.17. The summed E-state index contributed by atoms with van der Waals surface area (Å²) in [6.07, 6.45) is 7.05. The molecule has 162 valence electrons. The smallest absolute Gasteiger partial charge is 0.238 e. The first-order chi connectivity index (χ1) is 15.1. The minimum Gasteiger partial charge on any atom is -0.352 e. The molecule has 1 N–H and O–H groups in total. The molecule has 5 nitrogen and oxygen atoms in total. The number of hydrogen-bond donors (Lipinski definition) is 1. The molecule has 0 saturated heterocycles. The van der Waals surface area contributed by atoms with Gasteiger partial charge in [-0.05, 0) is 55.2 Å². The summed E-state index contributed by atoms with van der Waals surface area (Å²) in [5.41, 5.74) is 2.48. The molecule has 2 unspecified atom stereocenters. The Balaban J connectivity index is 1.40. The highest BCUT2D eigenvalue weighted by Gasteiger charge is 2.31. The molecule has 31 heavy (non-hydrogen) atoms. The minimum atomic E-state index is -0.334. The fourth-order valence-electron chi connectivity index (χ4n) is 4.20. The molecular weight excluding hydrogens is 424 g/mol. The maximum Gasteiger partial charge on any atom is 0.238 e. The number of nitrogens with one attached hydrogen (secondary N) is 1. The highest BCUT2D eigenvalue weighted by Crippen LogP contribution is 2.40. The Kier molecular flexibility index (Phi) is 5.89. The number of benzene rings is 1. The molecule has 0 spiro atoms. The summed E-state index contributed by atoms with van der Waals surface area (Å²) in [6, 6.07) is 12.6. The van der Waals surface area contributed by atoms with Gasteiger partial charge in [0.2, 0.25) is 5.91 Å². The predicted molar refractivity (Wildman–Crippen MR) is 126 cm³/mol. The highest BCUT2D eigenvalue weighted by molar-refractivity contribution is 8.00. The van der Waals surface area contributed by atoms with Crippen LogP contribution in [0.4, 0.5) is 0 Å². The van der Waals surface area contributed by atoms with Gasteiger partial charge in [-0.25, -0.2) is 0 Å². The zero-order valence-corrected chi connectivity index (χ0v) is 19.6. The Morgan fingerprint density at radius 2 is 2.06 bits per heavy atom. The van der Waals surface area contributed by atoms with E-state index in [0.717, 1.165) is 35.3 Å². The second-order valence-corrected chi connectivity index (χ2v) is 10.8. The van der Waals surface area contributed by atoms with Gasteiger partial charge in [-0.1, -0.05) is 55.4 Å². The van der Waals surface area contributed by atoms with Crippen LogP contribution < -0.4 is 5.32 Å². The van der Waals surface area contributed by atoms with Crippen LogP contribution in [0.2, 0.25) is 0 Å². The molecular formula is C24H28N4OS2. The van der Waals surface area contributed by atoms with Crippen LogP contribution in [-0.4, -0.2) is 26.7 Å². The molecule has 7 heteroatoms. The molecule has 2 heterocycles. The van der Waals surface area contributed by atoms with E-state index >= 15 is 0 Å². The van der Waals surface area contributed by atoms with Crippen molar-refractivity contribution < 1.29 is 4.79 Å². The lowest BCUT2D eigenvalue weighted by atomic mass is 9.87. The van der Waals surface area contributed by atoms with Crippen LogP contribution in [-0.2, 0) is 24.7 Å². The Hall–Kier alpha value is -2.12. The largest absolute Gasteiger partial charge is 0.352 e. The summed E-state index contributed by atoms with van der Waals surface area (Å²) >= 11 is 3.34. The Labute approximate surface area is 191 Å². The van der Waals surface area contributed by atoms with Gasteiger partial charge < -0.3 is 9.88 Å². The number of nitrogens with zero attached hydrogens (tertiary/aromatic N) is 3. The molecule has 0 bridgehead atoms. The number of rotatable bonds is 7. The number of carbonyl (C=O) groups is 1. The SMILES string of the molecule is CCC1CCc2sc(-c3nnc(SC(C(=O)NC4CC4)c4ccccc4)n3C)cc2C1. The average Bonchev–Trinajstić information content (AvgIpc) is 3.38. The maximum absolute atomic E-state index is 13.0. The van der Waals surface area contributed by atoms with Crippen LogP contribution in [0.25, 0.3) is 10.7 Å². The molecule has 1 aromatic carbocycles. The topological polar surface area (TPSA) is 59.8 Å². The monoisotopic (exact) mass is 452 g/mol. The summed E-state index contributed by atoms with van der Waals surface area (Å²) < 4.78 is 2.04. The van der Waals surface area contributed by atoms with Gasteiger partial charge in [-0.2, -0.15) is 0 Å². The number of thioether (sulfide) groups is 1. The average molecular weight is 453 g/mol. The van der Waals surface area contributed by atoms with Crippen molar-refractivity contribution in [3.05, 3.63) is 52.4 Å². The van der Waals surface area contributed by atoms with Gasteiger partial charge in [0.25, 0.3) is 0 Å². The van der Waals surface area contributed by atoms with Gasteiger partial charge in [0.1, 0.15) is 5.25 Å². The lowest BCUT2D eigenvalue weighted by molar-refractivity contribution is -0.120. The van der Waals surface area contributed by atoms with Crippen molar-refractivity contribution in [2.75, 3.05) is 0 Å². The van der Waals surface area contributed by atoms with Gasteiger partial charge in [-0.3, -0.25) is 4.79 Å². The summed E-state index contributed by atoms with van der Waals surface area (Å²) in [7, 11) is 2.01. The number of fused-ring (bicyclic) bond motifs is 1. The molecule has 1 fully saturated rings. The summed E-state index contributed by atoms with van der Waals surface area (Å²) in [5.74, 6) is 1.75. The van der Waals surface area contributed by atoms with E-state index in [1.54, 1.807) is 0 Å². The van der Waals surface area contributed by atoms with E-state index in [1.165, 1.54) is 52.8 Å². The van der Waals surface area contributed by atoms with Crippen molar-refractivity contribution in [3.63, 3.8) is 0 Å². The van der Waals surface area contributed by atoms with Crippen LogP contribution in [0.3, 0.4) is 0 Å². The number of aromatic nitrogens is 3. The standard InChI is InChI=1S/C24H28N4OS2/c1-3-15-9-12-19-17(13-15)14-20(30-19)22-26-27-24(28(22)2)31-21(16-7-5-4-6-8-16)23(29)25-18-10-11-18/h4-8,14-15,18,21H,3,9-13H2,1-2H3,(H,25,29).